The number of carbonyl (C=O) groups excluding carboxylic acids is 1. The van der Waals surface area contributed by atoms with Crippen molar-refractivity contribution in [3.63, 3.8) is 0 Å². The van der Waals surface area contributed by atoms with Crippen molar-refractivity contribution in [2.45, 2.75) is 13.1 Å². The fraction of sp³-hybridized carbons (Fsp3) is 0.100. The second kappa shape index (κ2) is 8.06. The SMILES string of the molecule is O=C(NCc1ccc(F)cc1)c1ccc(NCc2ccccc2)cn1. The van der Waals surface area contributed by atoms with Gasteiger partial charge < -0.3 is 10.6 Å². The maximum Gasteiger partial charge on any atom is 0.270 e. The predicted molar refractivity (Wildman–Crippen MR) is 95.6 cm³/mol. The van der Waals surface area contributed by atoms with E-state index in [-0.39, 0.29) is 11.7 Å². The van der Waals surface area contributed by atoms with E-state index >= 15 is 0 Å². The zero-order valence-corrected chi connectivity index (χ0v) is 13.6. The van der Waals surface area contributed by atoms with E-state index in [1.54, 1.807) is 24.4 Å². The van der Waals surface area contributed by atoms with Crippen molar-refractivity contribution in [3.05, 3.63) is 95.6 Å². The Labute approximate surface area is 145 Å². The van der Waals surface area contributed by atoms with Crippen molar-refractivity contribution in [3.8, 4) is 0 Å². The summed E-state index contributed by atoms with van der Waals surface area (Å²) in [7, 11) is 0. The minimum absolute atomic E-state index is 0.265. The van der Waals surface area contributed by atoms with Crippen molar-refractivity contribution in [1.82, 2.24) is 10.3 Å². The lowest BCUT2D eigenvalue weighted by molar-refractivity contribution is 0.0946. The van der Waals surface area contributed by atoms with Crippen LogP contribution in [0.4, 0.5) is 10.1 Å². The van der Waals surface area contributed by atoms with Gasteiger partial charge in [0.25, 0.3) is 5.91 Å². The maximum atomic E-state index is 12.9. The van der Waals surface area contributed by atoms with Gasteiger partial charge >= 0.3 is 0 Å². The Morgan fingerprint density at radius 2 is 1.60 bits per heavy atom. The van der Waals surface area contributed by atoms with E-state index in [1.165, 1.54) is 17.7 Å². The second-order valence-corrected chi connectivity index (χ2v) is 5.58. The molecule has 0 aliphatic carbocycles. The van der Waals surface area contributed by atoms with Crippen LogP contribution in [0.5, 0.6) is 0 Å². The molecule has 0 atom stereocenters. The van der Waals surface area contributed by atoms with Gasteiger partial charge in [0.05, 0.1) is 11.9 Å². The van der Waals surface area contributed by atoms with Crippen LogP contribution in [0.15, 0.2) is 72.9 Å². The topological polar surface area (TPSA) is 54.0 Å². The van der Waals surface area contributed by atoms with Crippen LogP contribution in [0.2, 0.25) is 0 Å². The fourth-order valence-electron chi connectivity index (χ4n) is 2.31. The maximum absolute atomic E-state index is 12.9. The molecule has 3 rings (SSSR count). The Morgan fingerprint density at radius 3 is 2.28 bits per heavy atom. The van der Waals surface area contributed by atoms with Crippen molar-refractivity contribution < 1.29 is 9.18 Å². The first kappa shape index (κ1) is 16.6. The molecule has 126 valence electrons. The molecule has 0 aliphatic heterocycles. The number of anilines is 1. The molecule has 0 saturated carbocycles. The first-order chi connectivity index (χ1) is 12.2. The Balaban J connectivity index is 1.52. The lowest BCUT2D eigenvalue weighted by Gasteiger charge is -2.08. The van der Waals surface area contributed by atoms with Crippen molar-refractivity contribution in [1.29, 1.82) is 0 Å². The van der Waals surface area contributed by atoms with Gasteiger partial charge in [-0.1, -0.05) is 42.5 Å². The van der Waals surface area contributed by atoms with E-state index in [9.17, 15) is 9.18 Å². The van der Waals surface area contributed by atoms with Crippen LogP contribution in [0, 0.1) is 5.82 Å². The number of nitrogens with one attached hydrogen (secondary N) is 2. The number of amides is 1. The van der Waals surface area contributed by atoms with E-state index in [0.29, 0.717) is 18.8 Å². The molecule has 2 aromatic carbocycles. The molecule has 0 saturated heterocycles. The van der Waals surface area contributed by atoms with Gasteiger partial charge in [-0.2, -0.15) is 0 Å². The molecule has 25 heavy (non-hydrogen) atoms. The molecule has 0 unspecified atom stereocenters. The molecule has 0 bridgehead atoms. The number of aromatic nitrogens is 1. The minimum atomic E-state index is -0.296. The molecule has 2 N–H and O–H groups in total. The van der Waals surface area contributed by atoms with Crippen molar-refractivity contribution in [2.75, 3.05) is 5.32 Å². The number of pyridine rings is 1. The second-order valence-electron chi connectivity index (χ2n) is 5.58. The van der Waals surface area contributed by atoms with E-state index in [1.807, 2.05) is 36.4 Å². The molecular weight excluding hydrogens is 317 g/mol. The average Bonchev–Trinajstić information content (AvgIpc) is 2.67. The molecule has 0 spiro atoms. The highest BCUT2D eigenvalue weighted by molar-refractivity contribution is 5.92. The zero-order chi connectivity index (χ0) is 17.5. The normalized spacial score (nSPS) is 10.3. The summed E-state index contributed by atoms with van der Waals surface area (Å²) in [6.07, 6.45) is 1.63. The molecule has 5 heteroatoms. The van der Waals surface area contributed by atoms with Gasteiger partial charge in [0.2, 0.25) is 0 Å². The quantitative estimate of drug-likeness (QED) is 0.721. The molecule has 1 heterocycles. The standard InChI is InChI=1S/C20H18FN3O/c21-17-8-6-16(7-9-17)13-24-20(25)19-11-10-18(14-23-19)22-12-15-4-2-1-3-5-15/h1-11,14,22H,12-13H2,(H,24,25). The molecule has 0 aliphatic rings. The third-order valence-electron chi connectivity index (χ3n) is 3.70. The van der Waals surface area contributed by atoms with Crippen molar-refractivity contribution in [2.24, 2.45) is 0 Å². The summed E-state index contributed by atoms with van der Waals surface area (Å²) in [6, 6.07) is 19.5. The summed E-state index contributed by atoms with van der Waals surface area (Å²) < 4.78 is 12.9. The van der Waals surface area contributed by atoms with E-state index in [0.717, 1.165) is 11.3 Å². The summed E-state index contributed by atoms with van der Waals surface area (Å²) in [5.74, 6) is -0.561. The highest BCUT2D eigenvalue weighted by Crippen LogP contribution is 2.09. The van der Waals surface area contributed by atoms with Crippen LogP contribution in [0.3, 0.4) is 0 Å². The van der Waals surface area contributed by atoms with E-state index < -0.39 is 0 Å². The number of halogens is 1. The summed E-state index contributed by atoms with van der Waals surface area (Å²) in [4.78, 5) is 16.3. The Bertz CT molecular complexity index is 818. The van der Waals surface area contributed by atoms with Crippen LogP contribution < -0.4 is 10.6 Å². The third-order valence-corrected chi connectivity index (χ3v) is 3.70. The first-order valence-electron chi connectivity index (χ1n) is 7.97. The summed E-state index contributed by atoms with van der Waals surface area (Å²) >= 11 is 0. The van der Waals surface area contributed by atoms with Gasteiger partial charge in [-0.3, -0.25) is 4.79 Å². The van der Waals surface area contributed by atoms with Crippen LogP contribution >= 0.6 is 0 Å². The van der Waals surface area contributed by atoms with E-state index in [2.05, 4.69) is 15.6 Å². The lowest BCUT2D eigenvalue weighted by atomic mass is 10.2. The number of hydrogen-bond acceptors (Lipinski definition) is 3. The van der Waals surface area contributed by atoms with Gasteiger partial charge in [-0.05, 0) is 35.4 Å². The summed E-state index contributed by atoms with van der Waals surface area (Å²) in [5, 5.41) is 6.03. The van der Waals surface area contributed by atoms with Gasteiger partial charge in [-0.15, -0.1) is 0 Å². The molecule has 0 radical (unpaired) electrons. The number of benzene rings is 2. The Kier molecular flexibility index (Phi) is 5.36. The average molecular weight is 335 g/mol. The zero-order valence-electron chi connectivity index (χ0n) is 13.6. The van der Waals surface area contributed by atoms with Crippen molar-refractivity contribution >= 4 is 11.6 Å². The largest absolute Gasteiger partial charge is 0.380 e. The molecule has 1 amide bonds. The molecule has 1 aromatic heterocycles. The van der Waals surface area contributed by atoms with Gasteiger partial charge in [0, 0.05) is 13.1 Å². The molecular formula is C20H18FN3O. The first-order valence-corrected chi connectivity index (χ1v) is 7.97. The Morgan fingerprint density at radius 1 is 0.880 bits per heavy atom. The molecule has 4 nitrogen and oxygen atoms in total. The predicted octanol–water partition coefficient (Wildman–Crippen LogP) is 3.76. The van der Waals surface area contributed by atoms with Crippen LogP contribution in [-0.4, -0.2) is 10.9 Å². The van der Waals surface area contributed by atoms with Crippen LogP contribution in [0.1, 0.15) is 21.6 Å². The number of nitrogens with zero attached hydrogens (tertiary/aromatic N) is 1. The van der Waals surface area contributed by atoms with Crippen LogP contribution in [0.25, 0.3) is 0 Å². The molecule has 0 fully saturated rings. The number of carbonyl (C=O) groups is 1. The monoisotopic (exact) mass is 335 g/mol. The summed E-state index contributed by atoms with van der Waals surface area (Å²) in [6.45, 7) is 1.02. The highest BCUT2D eigenvalue weighted by atomic mass is 19.1. The van der Waals surface area contributed by atoms with Gasteiger partial charge in [-0.25, -0.2) is 9.37 Å². The Hall–Kier alpha value is -3.21. The summed E-state index contributed by atoms with van der Waals surface area (Å²) in [5.41, 5.74) is 3.19. The van der Waals surface area contributed by atoms with E-state index in [4.69, 9.17) is 0 Å². The molecule has 3 aromatic rings. The number of hydrogen-bond donors (Lipinski definition) is 2. The minimum Gasteiger partial charge on any atom is -0.380 e. The van der Waals surface area contributed by atoms with Gasteiger partial charge in [0.15, 0.2) is 0 Å². The van der Waals surface area contributed by atoms with Gasteiger partial charge in [0.1, 0.15) is 11.5 Å². The third kappa shape index (κ3) is 4.88. The lowest BCUT2D eigenvalue weighted by Crippen LogP contribution is -2.23. The van der Waals surface area contributed by atoms with Crippen LogP contribution in [-0.2, 0) is 13.1 Å². The highest BCUT2D eigenvalue weighted by Gasteiger charge is 2.07. The smallest absolute Gasteiger partial charge is 0.270 e. The number of rotatable bonds is 6. The fourth-order valence-corrected chi connectivity index (χ4v) is 2.31.